The fourth-order valence-electron chi connectivity index (χ4n) is 3.77. The third kappa shape index (κ3) is 2.88. The Kier molecular flexibility index (Phi) is 3.98. The zero-order chi connectivity index (χ0) is 19.1. The standard InChI is InChI=1S/C22H21N5O/c1-27-11-8-14(9-12-27)16-13-24-19-5-6-20(25-21(16)19)22(28)26-18-4-2-3-17-15(18)7-10-23-17/h2-8,10,13,23-24H,9,11-12H2,1H3,(H,26,28). The first-order valence-electron chi connectivity index (χ1n) is 9.42. The second-order valence-corrected chi connectivity index (χ2v) is 7.24. The van der Waals surface area contributed by atoms with E-state index >= 15 is 0 Å². The Morgan fingerprint density at radius 1 is 1.14 bits per heavy atom. The molecular weight excluding hydrogens is 350 g/mol. The fourth-order valence-corrected chi connectivity index (χ4v) is 3.77. The van der Waals surface area contributed by atoms with Gasteiger partial charge in [-0.2, -0.15) is 0 Å². The number of pyridine rings is 1. The number of hydrogen-bond donors (Lipinski definition) is 3. The predicted molar refractivity (Wildman–Crippen MR) is 112 cm³/mol. The van der Waals surface area contributed by atoms with Gasteiger partial charge >= 0.3 is 0 Å². The Morgan fingerprint density at radius 2 is 2.07 bits per heavy atom. The van der Waals surface area contributed by atoms with Crippen LogP contribution in [0, 0.1) is 0 Å². The number of likely N-dealkylation sites (N-methyl/N-ethyl adjacent to an activating group) is 1. The van der Waals surface area contributed by atoms with E-state index in [0.717, 1.165) is 52.7 Å². The molecule has 1 aliphatic rings. The number of nitrogens with one attached hydrogen (secondary N) is 3. The summed E-state index contributed by atoms with van der Waals surface area (Å²) in [6, 6.07) is 11.4. The van der Waals surface area contributed by atoms with Gasteiger partial charge in [0.15, 0.2) is 0 Å². The quantitative estimate of drug-likeness (QED) is 0.509. The van der Waals surface area contributed by atoms with Crippen LogP contribution in [0.1, 0.15) is 22.5 Å². The van der Waals surface area contributed by atoms with Gasteiger partial charge in [-0.15, -0.1) is 0 Å². The van der Waals surface area contributed by atoms with Crippen molar-refractivity contribution in [3.05, 3.63) is 66.1 Å². The fraction of sp³-hybridized carbons (Fsp3) is 0.182. The molecule has 1 aliphatic heterocycles. The van der Waals surface area contributed by atoms with Crippen molar-refractivity contribution in [3.63, 3.8) is 0 Å². The maximum atomic E-state index is 12.9. The number of nitrogens with zero attached hydrogens (tertiary/aromatic N) is 2. The second-order valence-electron chi connectivity index (χ2n) is 7.24. The van der Waals surface area contributed by atoms with E-state index in [4.69, 9.17) is 0 Å². The van der Waals surface area contributed by atoms with Gasteiger partial charge in [0.05, 0.1) is 16.7 Å². The summed E-state index contributed by atoms with van der Waals surface area (Å²) >= 11 is 0. The zero-order valence-electron chi connectivity index (χ0n) is 15.6. The molecule has 0 atom stereocenters. The highest BCUT2D eigenvalue weighted by molar-refractivity contribution is 6.08. The van der Waals surface area contributed by atoms with E-state index in [1.54, 1.807) is 6.07 Å². The smallest absolute Gasteiger partial charge is 0.274 e. The molecule has 1 amide bonds. The van der Waals surface area contributed by atoms with Crippen LogP contribution in [0.4, 0.5) is 5.69 Å². The highest BCUT2D eigenvalue weighted by Crippen LogP contribution is 2.28. The summed E-state index contributed by atoms with van der Waals surface area (Å²) in [5.41, 5.74) is 6.34. The number of benzene rings is 1. The molecule has 0 fully saturated rings. The Hall–Kier alpha value is -3.38. The largest absolute Gasteiger partial charge is 0.361 e. The molecule has 3 aromatic heterocycles. The summed E-state index contributed by atoms with van der Waals surface area (Å²) in [7, 11) is 2.12. The van der Waals surface area contributed by atoms with E-state index in [1.807, 2.05) is 42.7 Å². The minimum absolute atomic E-state index is 0.208. The number of hydrogen-bond acceptors (Lipinski definition) is 3. The van der Waals surface area contributed by atoms with E-state index in [1.165, 1.54) is 5.57 Å². The first-order chi connectivity index (χ1) is 13.7. The molecule has 4 aromatic rings. The lowest BCUT2D eigenvalue weighted by molar-refractivity contribution is 0.102. The third-order valence-electron chi connectivity index (χ3n) is 5.36. The van der Waals surface area contributed by atoms with Crippen LogP contribution in [-0.4, -0.2) is 45.9 Å². The van der Waals surface area contributed by atoms with E-state index in [9.17, 15) is 4.79 Å². The number of carbonyl (C=O) groups excluding carboxylic acids is 1. The Bertz CT molecular complexity index is 1220. The molecule has 0 bridgehead atoms. The van der Waals surface area contributed by atoms with E-state index in [-0.39, 0.29) is 5.91 Å². The lowest BCUT2D eigenvalue weighted by Gasteiger charge is -2.21. The Morgan fingerprint density at radius 3 is 2.93 bits per heavy atom. The minimum atomic E-state index is -0.208. The molecule has 4 heterocycles. The minimum Gasteiger partial charge on any atom is -0.361 e. The van der Waals surface area contributed by atoms with Gasteiger partial charge in [-0.3, -0.25) is 4.79 Å². The molecule has 0 spiro atoms. The van der Waals surface area contributed by atoms with Crippen LogP contribution >= 0.6 is 0 Å². The number of aromatic nitrogens is 3. The number of amides is 1. The van der Waals surface area contributed by atoms with Crippen LogP contribution in [0.15, 0.2) is 54.9 Å². The molecule has 140 valence electrons. The number of carbonyl (C=O) groups is 1. The van der Waals surface area contributed by atoms with Crippen LogP contribution in [0.3, 0.4) is 0 Å². The van der Waals surface area contributed by atoms with Gasteiger partial charge in [0.25, 0.3) is 5.91 Å². The normalized spacial score (nSPS) is 15.1. The summed E-state index contributed by atoms with van der Waals surface area (Å²) in [4.78, 5) is 26.3. The highest BCUT2D eigenvalue weighted by atomic mass is 16.1. The maximum absolute atomic E-state index is 12.9. The van der Waals surface area contributed by atoms with Crippen molar-refractivity contribution in [2.24, 2.45) is 0 Å². The molecule has 0 saturated carbocycles. The van der Waals surface area contributed by atoms with Crippen LogP contribution < -0.4 is 5.32 Å². The second kappa shape index (κ2) is 6.65. The Labute approximate surface area is 162 Å². The molecule has 0 saturated heterocycles. The lowest BCUT2D eigenvalue weighted by Crippen LogP contribution is -2.23. The first-order valence-corrected chi connectivity index (χ1v) is 9.42. The van der Waals surface area contributed by atoms with Crippen molar-refractivity contribution in [1.82, 2.24) is 19.9 Å². The van der Waals surface area contributed by atoms with Crippen molar-refractivity contribution in [3.8, 4) is 0 Å². The van der Waals surface area contributed by atoms with Crippen molar-refractivity contribution in [2.45, 2.75) is 6.42 Å². The van der Waals surface area contributed by atoms with Crippen molar-refractivity contribution >= 4 is 39.1 Å². The average Bonchev–Trinajstić information content (AvgIpc) is 3.35. The van der Waals surface area contributed by atoms with Crippen LogP contribution in [-0.2, 0) is 0 Å². The number of fused-ring (bicyclic) bond motifs is 2. The molecule has 3 N–H and O–H groups in total. The summed E-state index contributed by atoms with van der Waals surface area (Å²) in [6.45, 7) is 1.96. The first kappa shape index (κ1) is 16.8. The molecule has 1 aromatic carbocycles. The van der Waals surface area contributed by atoms with Gasteiger partial charge in [0, 0.05) is 41.9 Å². The third-order valence-corrected chi connectivity index (χ3v) is 5.36. The van der Waals surface area contributed by atoms with Gasteiger partial charge in [0.2, 0.25) is 0 Å². The zero-order valence-corrected chi connectivity index (χ0v) is 15.6. The van der Waals surface area contributed by atoms with E-state index in [0.29, 0.717) is 5.69 Å². The number of H-pyrrole nitrogens is 2. The van der Waals surface area contributed by atoms with E-state index < -0.39 is 0 Å². The van der Waals surface area contributed by atoms with Gasteiger partial charge < -0.3 is 20.2 Å². The number of rotatable bonds is 3. The molecular formula is C22H21N5O. The summed E-state index contributed by atoms with van der Waals surface area (Å²) in [5.74, 6) is -0.208. The average molecular weight is 371 g/mol. The number of aromatic amines is 2. The Balaban J connectivity index is 1.48. The van der Waals surface area contributed by atoms with Crippen molar-refractivity contribution in [2.75, 3.05) is 25.5 Å². The molecule has 5 rings (SSSR count). The van der Waals surface area contributed by atoms with Crippen molar-refractivity contribution in [1.29, 1.82) is 0 Å². The molecule has 0 unspecified atom stereocenters. The van der Waals surface area contributed by atoms with Crippen LogP contribution in [0.5, 0.6) is 0 Å². The van der Waals surface area contributed by atoms with Gasteiger partial charge in [0.1, 0.15) is 5.69 Å². The van der Waals surface area contributed by atoms with E-state index in [2.05, 4.69) is 38.3 Å². The maximum Gasteiger partial charge on any atom is 0.274 e. The summed E-state index contributed by atoms with van der Waals surface area (Å²) < 4.78 is 0. The van der Waals surface area contributed by atoms with Crippen molar-refractivity contribution < 1.29 is 4.79 Å². The highest BCUT2D eigenvalue weighted by Gasteiger charge is 2.17. The molecule has 0 radical (unpaired) electrons. The molecule has 6 nitrogen and oxygen atoms in total. The SMILES string of the molecule is CN1CC=C(c2c[nH]c3ccc(C(=O)Nc4cccc5[nH]ccc45)nc23)CC1. The van der Waals surface area contributed by atoms with Gasteiger partial charge in [-0.25, -0.2) is 4.98 Å². The predicted octanol–water partition coefficient (Wildman–Crippen LogP) is 4.02. The molecule has 28 heavy (non-hydrogen) atoms. The summed E-state index contributed by atoms with van der Waals surface area (Å²) in [6.07, 6.45) is 7.09. The molecule has 6 heteroatoms. The lowest BCUT2D eigenvalue weighted by atomic mass is 10.0. The topological polar surface area (TPSA) is 76.8 Å². The van der Waals surface area contributed by atoms with Gasteiger partial charge in [-0.05, 0) is 49.4 Å². The van der Waals surface area contributed by atoms with Crippen LogP contribution in [0.25, 0.3) is 27.5 Å². The number of anilines is 1. The molecule has 0 aliphatic carbocycles. The van der Waals surface area contributed by atoms with Gasteiger partial charge in [-0.1, -0.05) is 12.1 Å². The summed E-state index contributed by atoms with van der Waals surface area (Å²) in [5, 5.41) is 3.98. The monoisotopic (exact) mass is 371 g/mol. The van der Waals surface area contributed by atoms with Crippen LogP contribution in [0.2, 0.25) is 0 Å².